The maximum absolute atomic E-state index is 9.25. The van der Waals surface area contributed by atoms with Crippen molar-refractivity contribution in [3.05, 3.63) is 0 Å². The zero-order valence-corrected chi connectivity index (χ0v) is 6.66. The van der Waals surface area contributed by atoms with Gasteiger partial charge in [0, 0.05) is 6.42 Å². The SMILES string of the molecule is OC1CCCCCCC1(O)O. The van der Waals surface area contributed by atoms with Crippen molar-refractivity contribution >= 4 is 0 Å². The average molecular weight is 160 g/mol. The van der Waals surface area contributed by atoms with E-state index in [4.69, 9.17) is 0 Å². The normalized spacial score (nSPS) is 32.5. The van der Waals surface area contributed by atoms with E-state index in [2.05, 4.69) is 0 Å². The second kappa shape index (κ2) is 3.52. The van der Waals surface area contributed by atoms with E-state index in [0.717, 1.165) is 25.7 Å². The molecule has 0 aromatic rings. The number of hydrogen-bond acceptors (Lipinski definition) is 3. The summed E-state index contributed by atoms with van der Waals surface area (Å²) >= 11 is 0. The van der Waals surface area contributed by atoms with Gasteiger partial charge in [-0.3, -0.25) is 0 Å². The highest BCUT2D eigenvalue weighted by molar-refractivity contribution is 4.76. The molecule has 0 amide bonds. The Kier molecular flexibility index (Phi) is 2.87. The van der Waals surface area contributed by atoms with Crippen LogP contribution in [0.4, 0.5) is 0 Å². The van der Waals surface area contributed by atoms with Crippen LogP contribution >= 0.6 is 0 Å². The van der Waals surface area contributed by atoms with E-state index in [9.17, 15) is 15.3 Å². The Balaban J connectivity index is 2.47. The highest BCUT2D eigenvalue weighted by Gasteiger charge is 2.32. The highest BCUT2D eigenvalue weighted by Crippen LogP contribution is 2.23. The molecule has 3 nitrogen and oxygen atoms in total. The summed E-state index contributed by atoms with van der Waals surface area (Å²) in [7, 11) is 0. The van der Waals surface area contributed by atoms with Gasteiger partial charge in [-0.1, -0.05) is 19.3 Å². The van der Waals surface area contributed by atoms with Crippen molar-refractivity contribution in [3.63, 3.8) is 0 Å². The summed E-state index contributed by atoms with van der Waals surface area (Å²) in [5.41, 5.74) is 0. The molecule has 0 radical (unpaired) electrons. The van der Waals surface area contributed by atoms with Crippen molar-refractivity contribution in [1.29, 1.82) is 0 Å². The molecule has 0 spiro atoms. The molecule has 1 rings (SSSR count). The third-order valence-corrected chi connectivity index (χ3v) is 2.31. The summed E-state index contributed by atoms with van der Waals surface area (Å²) in [5, 5.41) is 27.7. The summed E-state index contributed by atoms with van der Waals surface area (Å²) in [6.07, 6.45) is 3.67. The van der Waals surface area contributed by atoms with E-state index in [1.54, 1.807) is 0 Å². The Morgan fingerprint density at radius 1 is 1.00 bits per heavy atom. The van der Waals surface area contributed by atoms with Gasteiger partial charge in [0.1, 0.15) is 6.10 Å². The molecule has 3 N–H and O–H groups in total. The molecule has 0 saturated heterocycles. The quantitative estimate of drug-likeness (QED) is 0.449. The second-order valence-corrected chi connectivity index (χ2v) is 3.35. The van der Waals surface area contributed by atoms with Gasteiger partial charge in [0.2, 0.25) is 0 Å². The third-order valence-electron chi connectivity index (χ3n) is 2.31. The van der Waals surface area contributed by atoms with E-state index in [-0.39, 0.29) is 0 Å². The summed E-state index contributed by atoms with van der Waals surface area (Å²) in [6.45, 7) is 0. The van der Waals surface area contributed by atoms with E-state index in [0.29, 0.717) is 12.8 Å². The standard InChI is InChI=1S/C8H16O3/c9-7-5-3-1-2-4-6-8(7,10)11/h7,9-11H,1-6H2. The predicted molar refractivity (Wildman–Crippen MR) is 40.9 cm³/mol. The van der Waals surface area contributed by atoms with Crippen LogP contribution in [0.25, 0.3) is 0 Å². The minimum Gasteiger partial charge on any atom is -0.388 e. The topological polar surface area (TPSA) is 60.7 Å². The van der Waals surface area contributed by atoms with Crippen LogP contribution in [0.15, 0.2) is 0 Å². The number of aliphatic hydroxyl groups excluding tert-OH is 1. The lowest BCUT2D eigenvalue weighted by Gasteiger charge is -2.29. The van der Waals surface area contributed by atoms with E-state index < -0.39 is 11.9 Å². The Labute approximate surface area is 66.7 Å². The molecule has 1 saturated carbocycles. The predicted octanol–water partition coefficient (Wildman–Crippen LogP) is 0.382. The molecule has 11 heavy (non-hydrogen) atoms. The third kappa shape index (κ3) is 2.43. The minimum atomic E-state index is -1.83. The van der Waals surface area contributed by atoms with Gasteiger partial charge in [0.15, 0.2) is 5.79 Å². The Hall–Kier alpha value is -0.120. The van der Waals surface area contributed by atoms with Crippen LogP contribution in [0, 0.1) is 0 Å². The first-order valence-electron chi connectivity index (χ1n) is 4.26. The first-order valence-corrected chi connectivity index (χ1v) is 4.26. The second-order valence-electron chi connectivity index (χ2n) is 3.35. The maximum atomic E-state index is 9.25. The molecular formula is C8H16O3. The molecule has 0 aromatic carbocycles. The molecule has 0 bridgehead atoms. The lowest BCUT2D eigenvalue weighted by atomic mass is 9.93. The van der Waals surface area contributed by atoms with Crippen molar-refractivity contribution in [2.24, 2.45) is 0 Å². The summed E-state index contributed by atoms with van der Waals surface area (Å²) in [6, 6.07) is 0. The summed E-state index contributed by atoms with van der Waals surface area (Å²) in [5.74, 6) is -1.83. The Morgan fingerprint density at radius 3 is 2.36 bits per heavy atom. The fraction of sp³-hybridized carbons (Fsp3) is 1.00. The van der Waals surface area contributed by atoms with Crippen LogP contribution in [-0.4, -0.2) is 27.2 Å². The fourth-order valence-corrected chi connectivity index (χ4v) is 1.47. The van der Waals surface area contributed by atoms with Gasteiger partial charge >= 0.3 is 0 Å². The zero-order chi connectivity index (χ0) is 8.32. The zero-order valence-electron chi connectivity index (χ0n) is 6.66. The van der Waals surface area contributed by atoms with Crippen molar-refractivity contribution in [1.82, 2.24) is 0 Å². The average Bonchev–Trinajstić information content (AvgIpc) is 1.93. The Bertz CT molecular complexity index is 123. The minimum absolute atomic E-state index is 0.300. The first-order chi connectivity index (χ1) is 5.13. The molecule has 66 valence electrons. The number of rotatable bonds is 0. The lowest BCUT2D eigenvalue weighted by Crippen LogP contribution is -2.42. The summed E-state index contributed by atoms with van der Waals surface area (Å²) in [4.78, 5) is 0. The van der Waals surface area contributed by atoms with Gasteiger partial charge in [-0.2, -0.15) is 0 Å². The first kappa shape index (κ1) is 8.97. The monoisotopic (exact) mass is 160 g/mol. The van der Waals surface area contributed by atoms with Gasteiger partial charge in [-0.25, -0.2) is 0 Å². The molecule has 0 aliphatic heterocycles. The van der Waals surface area contributed by atoms with Crippen molar-refractivity contribution < 1.29 is 15.3 Å². The maximum Gasteiger partial charge on any atom is 0.189 e. The van der Waals surface area contributed by atoms with Crippen LogP contribution in [0.2, 0.25) is 0 Å². The van der Waals surface area contributed by atoms with Gasteiger partial charge in [-0.05, 0) is 12.8 Å². The summed E-state index contributed by atoms with van der Waals surface area (Å²) < 4.78 is 0. The fourth-order valence-electron chi connectivity index (χ4n) is 1.47. The van der Waals surface area contributed by atoms with Gasteiger partial charge in [0.25, 0.3) is 0 Å². The molecular weight excluding hydrogens is 144 g/mol. The van der Waals surface area contributed by atoms with Crippen LogP contribution in [0.1, 0.15) is 38.5 Å². The van der Waals surface area contributed by atoms with Gasteiger partial charge < -0.3 is 15.3 Å². The molecule has 0 heterocycles. The molecule has 1 aliphatic rings. The molecule has 1 aliphatic carbocycles. The number of aliphatic hydroxyl groups is 3. The van der Waals surface area contributed by atoms with Crippen molar-refractivity contribution in [2.75, 3.05) is 0 Å². The van der Waals surface area contributed by atoms with E-state index in [1.807, 2.05) is 0 Å². The molecule has 1 unspecified atom stereocenters. The highest BCUT2D eigenvalue weighted by atomic mass is 16.5. The molecule has 1 fully saturated rings. The lowest BCUT2D eigenvalue weighted by molar-refractivity contribution is -0.232. The molecule has 0 aromatic heterocycles. The molecule has 1 atom stereocenters. The Morgan fingerprint density at radius 2 is 1.64 bits per heavy atom. The largest absolute Gasteiger partial charge is 0.388 e. The van der Waals surface area contributed by atoms with Crippen LogP contribution in [-0.2, 0) is 0 Å². The van der Waals surface area contributed by atoms with Crippen molar-refractivity contribution in [2.45, 2.75) is 50.4 Å². The van der Waals surface area contributed by atoms with Crippen LogP contribution < -0.4 is 0 Å². The van der Waals surface area contributed by atoms with Crippen molar-refractivity contribution in [3.8, 4) is 0 Å². The number of hydrogen-bond donors (Lipinski definition) is 3. The van der Waals surface area contributed by atoms with E-state index >= 15 is 0 Å². The van der Waals surface area contributed by atoms with Gasteiger partial charge in [-0.15, -0.1) is 0 Å². The smallest absolute Gasteiger partial charge is 0.189 e. The van der Waals surface area contributed by atoms with E-state index in [1.165, 1.54) is 0 Å². The van der Waals surface area contributed by atoms with Crippen LogP contribution in [0.3, 0.4) is 0 Å². The van der Waals surface area contributed by atoms with Gasteiger partial charge in [0.05, 0.1) is 0 Å². The molecule has 3 heteroatoms. The van der Waals surface area contributed by atoms with Crippen LogP contribution in [0.5, 0.6) is 0 Å².